The molecule has 44 valence electrons. The molecule has 0 spiro atoms. The van der Waals surface area contributed by atoms with Gasteiger partial charge in [-0.2, -0.15) is 0 Å². The van der Waals surface area contributed by atoms with Crippen LogP contribution in [0.5, 0.6) is 0 Å². The van der Waals surface area contributed by atoms with Gasteiger partial charge in [-0.15, -0.1) is 0 Å². The third kappa shape index (κ3) is 1.02. The molecule has 8 heavy (non-hydrogen) atoms. The Kier molecular flexibility index (Phi) is 1.55. The second-order valence-corrected chi connectivity index (χ2v) is 2.05. The topological polar surface area (TPSA) is 33.6 Å². The fourth-order valence-corrected chi connectivity index (χ4v) is 0.519. The van der Waals surface area contributed by atoms with Crippen LogP contribution in [0.4, 0.5) is 0 Å². The van der Waals surface area contributed by atoms with Crippen LogP contribution in [-0.4, -0.2) is 17.4 Å². The summed E-state index contributed by atoms with van der Waals surface area (Å²) in [4.78, 5) is 9.29. The Hall–Kier alpha value is -0.480. The maximum absolute atomic E-state index is 4.78. The summed E-state index contributed by atoms with van der Waals surface area (Å²) in [6.07, 6.45) is 0. The summed E-state index contributed by atoms with van der Waals surface area (Å²) in [6.45, 7) is 2.18. The highest BCUT2D eigenvalue weighted by molar-refractivity contribution is 7.82. The Labute approximate surface area is 52.7 Å². The monoisotopic (exact) mass is 130 g/mol. The van der Waals surface area contributed by atoms with Gasteiger partial charge in [0.05, 0.1) is 4.86 Å². The Morgan fingerprint density at radius 2 is 2.75 bits per heavy atom. The van der Waals surface area contributed by atoms with Crippen molar-refractivity contribution in [1.29, 1.82) is 0 Å². The molecule has 0 aromatic heterocycles. The van der Waals surface area contributed by atoms with Gasteiger partial charge < -0.3 is 0 Å². The van der Waals surface area contributed by atoms with Crippen LogP contribution in [-0.2, 0) is 4.84 Å². The molecule has 3 nitrogen and oxygen atoms in total. The van der Waals surface area contributed by atoms with Crippen molar-refractivity contribution in [1.82, 2.24) is 5.48 Å². The molecule has 0 aromatic carbocycles. The predicted octanol–water partition coefficient (Wildman–Crippen LogP) is 0.267. The van der Waals surface area contributed by atoms with E-state index in [4.69, 9.17) is 12.2 Å². The molecule has 1 heterocycles. The zero-order chi connectivity index (χ0) is 5.98. The molecule has 0 amide bonds. The minimum atomic E-state index is 0.378. The maximum Gasteiger partial charge on any atom is 0.167 e. The van der Waals surface area contributed by atoms with Gasteiger partial charge in [0.1, 0.15) is 0 Å². The first-order chi connectivity index (χ1) is 3.80. The van der Waals surface area contributed by atoms with Gasteiger partial charge in [-0.05, 0) is 6.92 Å². The smallest absolute Gasteiger partial charge is 0.167 e. The molecule has 1 N–H and O–H groups in total. The molecular weight excluding hydrogens is 124 g/mol. The molecule has 0 bridgehead atoms. The largest absolute Gasteiger partial charge is 0.251 e. The van der Waals surface area contributed by atoms with Gasteiger partial charge in [0, 0.05) is 0 Å². The van der Waals surface area contributed by atoms with E-state index in [2.05, 4.69) is 15.3 Å². The van der Waals surface area contributed by atoms with E-state index in [1.54, 1.807) is 6.92 Å². The van der Waals surface area contributed by atoms with Crippen LogP contribution in [0.3, 0.4) is 0 Å². The Morgan fingerprint density at radius 3 is 3.00 bits per heavy atom. The van der Waals surface area contributed by atoms with Gasteiger partial charge in [0.25, 0.3) is 0 Å². The van der Waals surface area contributed by atoms with Gasteiger partial charge in [-0.1, -0.05) is 12.2 Å². The summed E-state index contributed by atoms with van der Waals surface area (Å²) in [5, 5.41) is 0. The molecule has 0 aliphatic carbocycles. The summed E-state index contributed by atoms with van der Waals surface area (Å²) < 4.78 is 0. The van der Waals surface area contributed by atoms with Crippen LogP contribution in [0.1, 0.15) is 6.92 Å². The second-order valence-electron chi connectivity index (χ2n) is 1.44. The van der Waals surface area contributed by atoms with Gasteiger partial charge in [0.2, 0.25) is 0 Å². The molecule has 0 saturated heterocycles. The van der Waals surface area contributed by atoms with Gasteiger partial charge in [-0.3, -0.25) is 4.84 Å². The molecule has 1 aliphatic heterocycles. The number of nitrogens with zero attached hydrogens (tertiary/aromatic N) is 1. The van der Waals surface area contributed by atoms with Crippen molar-refractivity contribution in [3.8, 4) is 0 Å². The summed E-state index contributed by atoms with van der Waals surface area (Å²) in [5.74, 6) is 0.681. The lowest BCUT2D eigenvalue weighted by Gasteiger charge is -1.93. The maximum atomic E-state index is 4.78. The van der Waals surface area contributed by atoms with Gasteiger partial charge in [-0.25, -0.2) is 10.5 Å². The molecule has 4 heteroatoms. The minimum absolute atomic E-state index is 0.378. The zero-order valence-corrected chi connectivity index (χ0v) is 5.29. The Morgan fingerprint density at radius 1 is 2.00 bits per heavy atom. The van der Waals surface area contributed by atoms with Crippen LogP contribution < -0.4 is 5.48 Å². The second kappa shape index (κ2) is 2.19. The van der Waals surface area contributed by atoms with E-state index in [1.807, 2.05) is 0 Å². The highest BCUT2D eigenvalue weighted by Gasteiger charge is 2.05. The van der Waals surface area contributed by atoms with E-state index in [0.717, 1.165) is 4.86 Å². The van der Waals surface area contributed by atoms with E-state index in [9.17, 15) is 0 Å². The summed E-state index contributed by atoms with van der Waals surface area (Å²) in [5.41, 5.74) is 2.56. The molecule has 0 unspecified atom stereocenters. The first-order valence-corrected chi connectivity index (χ1v) is 2.65. The quantitative estimate of drug-likeness (QED) is 0.517. The molecule has 1 aliphatic rings. The number of hydrogen-bond donors (Lipinski definition) is 1. The fourth-order valence-electron chi connectivity index (χ4n) is 0.413. The normalized spacial score (nSPS) is 17.4. The van der Waals surface area contributed by atoms with Gasteiger partial charge in [0.15, 0.2) is 12.6 Å². The molecule has 0 radical (unpaired) electrons. The van der Waals surface area contributed by atoms with Crippen molar-refractivity contribution in [3.05, 3.63) is 0 Å². The van der Waals surface area contributed by atoms with Crippen molar-refractivity contribution in [2.24, 2.45) is 4.99 Å². The van der Waals surface area contributed by atoms with Crippen molar-refractivity contribution in [2.75, 3.05) is 6.73 Å². The summed E-state index contributed by atoms with van der Waals surface area (Å²) >= 11 is 4.78. The lowest BCUT2D eigenvalue weighted by molar-refractivity contribution is 0.115. The Bertz CT molecular complexity index is 143. The van der Waals surface area contributed by atoms with Crippen LogP contribution in [0.2, 0.25) is 0 Å². The fraction of sp³-hybridized carbons (Fsp3) is 0.500. The number of amidine groups is 1. The number of aliphatic imine (C=N–C) groups is 1. The number of thiocarbonyl (C=S) groups is 1. The number of hydrogen-bond acceptors (Lipinski definition) is 4. The predicted molar refractivity (Wildman–Crippen MR) is 34.8 cm³/mol. The summed E-state index contributed by atoms with van der Waals surface area (Å²) in [7, 11) is 0. The van der Waals surface area contributed by atoms with E-state index in [1.165, 1.54) is 0 Å². The third-order valence-electron chi connectivity index (χ3n) is 0.790. The van der Waals surface area contributed by atoms with E-state index in [0.29, 0.717) is 12.6 Å². The lowest BCUT2D eigenvalue weighted by atomic mass is 10.4. The molecule has 1 rings (SSSR count). The molecule has 0 atom stereocenters. The standard InChI is InChI=1S/C4H6N2OS/c1-3(8)4-5-2-7-6-4/h2H2,1H3,(H,5,6). The average molecular weight is 130 g/mol. The SMILES string of the molecule is CC(=S)C1=NCON1. The van der Waals surface area contributed by atoms with Crippen LogP contribution in [0, 0.1) is 0 Å². The zero-order valence-electron chi connectivity index (χ0n) is 4.47. The molecule has 0 saturated carbocycles. The van der Waals surface area contributed by atoms with E-state index < -0.39 is 0 Å². The van der Waals surface area contributed by atoms with Crippen LogP contribution in [0.25, 0.3) is 0 Å². The molecule has 0 fully saturated rings. The van der Waals surface area contributed by atoms with Crippen molar-refractivity contribution >= 4 is 22.9 Å². The highest BCUT2D eigenvalue weighted by Crippen LogP contribution is 1.88. The Balaban J connectivity index is 2.57. The van der Waals surface area contributed by atoms with Crippen LogP contribution in [0.15, 0.2) is 4.99 Å². The van der Waals surface area contributed by atoms with Crippen molar-refractivity contribution in [3.63, 3.8) is 0 Å². The number of nitrogens with one attached hydrogen (secondary N) is 1. The molecule has 0 aromatic rings. The first-order valence-electron chi connectivity index (χ1n) is 2.24. The minimum Gasteiger partial charge on any atom is -0.251 e. The number of hydroxylamine groups is 1. The highest BCUT2D eigenvalue weighted by atomic mass is 32.1. The average Bonchev–Trinajstić information content (AvgIpc) is 2.12. The number of rotatable bonds is 1. The molecular formula is C4H6N2OS. The van der Waals surface area contributed by atoms with E-state index >= 15 is 0 Å². The van der Waals surface area contributed by atoms with Crippen molar-refractivity contribution < 1.29 is 4.84 Å². The van der Waals surface area contributed by atoms with Gasteiger partial charge >= 0.3 is 0 Å². The first kappa shape index (κ1) is 5.65. The lowest BCUT2D eigenvalue weighted by Crippen LogP contribution is -2.22. The van der Waals surface area contributed by atoms with Crippen molar-refractivity contribution in [2.45, 2.75) is 6.92 Å². The van der Waals surface area contributed by atoms with Crippen LogP contribution >= 0.6 is 12.2 Å². The third-order valence-corrected chi connectivity index (χ3v) is 0.983. The van der Waals surface area contributed by atoms with E-state index in [-0.39, 0.29) is 0 Å². The summed E-state index contributed by atoms with van der Waals surface area (Å²) in [6, 6.07) is 0.